The maximum absolute atomic E-state index is 5.27. The van der Waals surface area contributed by atoms with Crippen molar-refractivity contribution >= 4 is 5.82 Å². The SMILES string of the molecule is COc1cc(NCc2ccc(OC)c(OC)c2)ncn1. The fourth-order valence-electron chi connectivity index (χ4n) is 1.73. The van der Waals surface area contributed by atoms with E-state index in [4.69, 9.17) is 14.2 Å². The minimum atomic E-state index is 0.523. The van der Waals surface area contributed by atoms with Crippen LogP contribution in [0.15, 0.2) is 30.6 Å². The Kier molecular flexibility index (Phi) is 4.60. The quantitative estimate of drug-likeness (QED) is 0.871. The minimum absolute atomic E-state index is 0.523. The van der Waals surface area contributed by atoms with Crippen molar-refractivity contribution in [3.05, 3.63) is 36.2 Å². The third kappa shape index (κ3) is 3.28. The number of aromatic nitrogens is 2. The van der Waals surface area contributed by atoms with Gasteiger partial charge in [0.2, 0.25) is 5.88 Å². The van der Waals surface area contributed by atoms with Gasteiger partial charge < -0.3 is 19.5 Å². The lowest BCUT2D eigenvalue weighted by atomic mass is 10.2. The number of nitrogens with one attached hydrogen (secondary N) is 1. The fourth-order valence-corrected chi connectivity index (χ4v) is 1.73. The van der Waals surface area contributed by atoms with Gasteiger partial charge in [-0.25, -0.2) is 9.97 Å². The molecule has 1 aromatic heterocycles. The van der Waals surface area contributed by atoms with Crippen LogP contribution < -0.4 is 19.5 Å². The molecule has 0 fully saturated rings. The first-order chi connectivity index (χ1) is 9.76. The highest BCUT2D eigenvalue weighted by atomic mass is 16.5. The van der Waals surface area contributed by atoms with Crippen LogP contribution in [0.3, 0.4) is 0 Å². The van der Waals surface area contributed by atoms with Gasteiger partial charge in [-0.05, 0) is 17.7 Å². The summed E-state index contributed by atoms with van der Waals surface area (Å²) in [4.78, 5) is 8.07. The standard InChI is InChI=1S/C14H17N3O3/c1-18-11-5-4-10(6-12(11)19-2)8-15-13-7-14(20-3)17-9-16-13/h4-7,9H,8H2,1-3H3,(H,15,16,17). The average Bonchev–Trinajstić information content (AvgIpc) is 2.52. The third-order valence-electron chi connectivity index (χ3n) is 2.77. The van der Waals surface area contributed by atoms with E-state index in [1.54, 1.807) is 27.4 Å². The molecule has 0 spiro atoms. The Morgan fingerprint density at radius 1 is 0.950 bits per heavy atom. The number of nitrogens with zero attached hydrogens (tertiary/aromatic N) is 2. The molecular weight excluding hydrogens is 258 g/mol. The number of anilines is 1. The Labute approximate surface area is 117 Å². The number of ether oxygens (including phenoxy) is 3. The van der Waals surface area contributed by atoms with E-state index in [1.165, 1.54) is 6.33 Å². The van der Waals surface area contributed by atoms with E-state index < -0.39 is 0 Å². The van der Waals surface area contributed by atoms with Crippen molar-refractivity contribution in [1.29, 1.82) is 0 Å². The lowest BCUT2D eigenvalue weighted by Gasteiger charge is -2.10. The monoisotopic (exact) mass is 275 g/mol. The van der Waals surface area contributed by atoms with Gasteiger partial charge in [-0.1, -0.05) is 6.07 Å². The van der Waals surface area contributed by atoms with Gasteiger partial charge in [0, 0.05) is 12.6 Å². The van der Waals surface area contributed by atoms with Crippen LogP contribution in [-0.4, -0.2) is 31.3 Å². The summed E-state index contributed by atoms with van der Waals surface area (Å²) in [5.74, 6) is 2.63. The van der Waals surface area contributed by atoms with Crippen LogP contribution in [-0.2, 0) is 6.54 Å². The topological polar surface area (TPSA) is 65.5 Å². The number of benzene rings is 1. The van der Waals surface area contributed by atoms with Crippen molar-refractivity contribution in [3.63, 3.8) is 0 Å². The molecule has 0 atom stereocenters. The second-order valence-corrected chi connectivity index (χ2v) is 3.99. The Balaban J connectivity index is 2.06. The van der Waals surface area contributed by atoms with Crippen LogP contribution >= 0.6 is 0 Å². The Bertz CT molecular complexity index is 575. The summed E-state index contributed by atoms with van der Waals surface area (Å²) in [6.07, 6.45) is 1.45. The highest BCUT2D eigenvalue weighted by Gasteiger charge is 2.05. The zero-order valence-electron chi connectivity index (χ0n) is 11.7. The van der Waals surface area contributed by atoms with Gasteiger partial charge in [0.15, 0.2) is 11.5 Å². The molecule has 0 saturated carbocycles. The van der Waals surface area contributed by atoms with Crippen LogP contribution in [0.4, 0.5) is 5.82 Å². The molecule has 106 valence electrons. The van der Waals surface area contributed by atoms with E-state index in [0.717, 1.165) is 5.56 Å². The van der Waals surface area contributed by atoms with Gasteiger partial charge in [0.25, 0.3) is 0 Å². The van der Waals surface area contributed by atoms with Crippen molar-refractivity contribution in [2.75, 3.05) is 26.6 Å². The third-order valence-corrected chi connectivity index (χ3v) is 2.77. The first-order valence-electron chi connectivity index (χ1n) is 6.07. The second-order valence-electron chi connectivity index (χ2n) is 3.99. The van der Waals surface area contributed by atoms with E-state index in [1.807, 2.05) is 18.2 Å². The molecule has 0 radical (unpaired) electrons. The molecule has 0 aliphatic carbocycles. The highest BCUT2D eigenvalue weighted by Crippen LogP contribution is 2.27. The Morgan fingerprint density at radius 2 is 1.75 bits per heavy atom. The normalized spacial score (nSPS) is 9.95. The van der Waals surface area contributed by atoms with E-state index in [9.17, 15) is 0 Å². The summed E-state index contributed by atoms with van der Waals surface area (Å²) >= 11 is 0. The second kappa shape index (κ2) is 6.60. The summed E-state index contributed by atoms with van der Waals surface area (Å²) in [6.45, 7) is 0.612. The predicted molar refractivity (Wildman–Crippen MR) is 75.5 cm³/mol. The molecule has 0 unspecified atom stereocenters. The lowest BCUT2D eigenvalue weighted by Crippen LogP contribution is -2.03. The van der Waals surface area contributed by atoms with E-state index in [-0.39, 0.29) is 0 Å². The molecule has 0 aliphatic rings. The Morgan fingerprint density at radius 3 is 2.45 bits per heavy atom. The molecular formula is C14H17N3O3. The van der Waals surface area contributed by atoms with Crippen LogP contribution in [0.5, 0.6) is 17.4 Å². The zero-order valence-corrected chi connectivity index (χ0v) is 11.7. The molecule has 6 heteroatoms. The van der Waals surface area contributed by atoms with Gasteiger partial charge >= 0.3 is 0 Å². The van der Waals surface area contributed by atoms with E-state index in [0.29, 0.717) is 29.7 Å². The Hall–Kier alpha value is -2.50. The molecule has 2 aromatic rings. The summed E-state index contributed by atoms with van der Waals surface area (Å²) < 4.78 is 15.5. The summed E-state index contributed by atoms with van der Waals surface area (Å²) in [5.41, 5.74) is 1.06. The van der Waals surface area contributed by atoms with E-state index in [2.05, 4.69) is 15.3 Å². The molecule has 1 aromatic carbocycles. The smallest absolute Gasteiger partial charge is 0.218 e. The molecule has 1 N–H and O–H groups in total. The maximum Gasteiger partial charge on any atom is 0.218 e. The van der Waals surface area contributed by atoms with Crippen molar-refractivity contribution in [2.45, 2.75) is 6.54 Å². The lowest BCUT2D eigenvalue weighted by molar-refractivity contribution is 0.354. The first-order valence-corrected chi connectivity index (χ1v) is 6.07. The minimum Gasteiger partial charge on any atom is -0.493 e. The maximum atomic E-state index is 5.27. The van der Waals surface area contributed by atoms with Crippen molar-refractivity contribution < 1.29 is 14.2 Å². The first kappa shape index (κ1) is 13.9. The fraction of sp³-hybridized carbons (Fsp3) is 0.286. The molecule has 0 bridgehead atoms. The predicted octanol–water partition coefficient (Wildman–Crippen LogP) is 2.11. The number of methoxy groups -OCH3 is 3. The van der Waals surface area contributed by atoms with Gasteiger partial charge in [0.05, 0.1) is 21.3 Å². The molecule has 1 heterocycles. The van der Waals surface area contributed by atoms with Gasteiger partial charge in [0.1, 0.15) is 12.1 Å². The van der Waals surface area contributed by atoms with E-state index >= 15 is 0 Å². The highest BCUT2D eigenvalue weighted by molar-refractivity contribution is 5.44. The van der Waals surface area contributed by atoms with Gasteiger partial charge in [-0.2, -0.15) is 0 Å². The van der Waals surface area contributed by atoms with Crippen molar-refractivity contribution in [1.82, 2.24) is 9.97 Å². The number of rotatable bonds is 6. The van der Waals surface area contributed by atoms with Crippen LogP contribution in [0, 0.1) is 0 Å². The van der Waals surface area contributed by atoms with Crippen LogP contribution in [0.25, 0.3) is 0 Å². The largest absolute Gasteiger partial charge is 0.493 e. The van der Waals surface area contributed by atoms with Gasteiger partial charge in [-0.15, -0.1) is 0 Å². The average molecular weight is 275 g/mol. The molecule has 0 saturated heterocycles. The molecule has 2 rings (SSSR count). The molecule has 6 nitrogen and oxygen atoms in total. The van der Waals surface area contributed by atoms with Crippen molar-refractivity contribution in [3.8, 4) is 17.4 Å². The van der Waals surface area contributed by atoms with Crippen molar-refractivity contribution in [2.24, 2.45) is 0 Å². The molecule has 0 aliphatic heterocycles. The summed E-state index contributed by atoms with van der Waals surface area (Å²) in [6, 6.07) is 7.49. The molecule has 0 amide bonds. The van der Waals surface area contributed by atoms with Crippen LogP contribution in [0.1, 0.15) is 5.56 Å². The number of hydrogen-bond acceptors (Lipinski definition) is 6. The van der Waals surface area contributed by atoms with Gasteiger partial charge in [-0.3, -0.25) is 0 Å². The number of hydrogen-bond donors (Lipinski definition) is 1. The summed E-state index contributed by atoms with van der Waals surface area (Å²) in [7, 11) is 4.80. The summed E-state index contributed by atoms with van der Waals surface area (Å²) in [5, 5.41) is 3.20. The molecule has 20 heavy (non-hydrogen) atoms. The zero-order chi connectivity index (χ0) is 14.4. The van der Waals surface area contributed by atoms with Crippen LogP contribution in [0.2, 0.25) is 0 Å².